The van der Waals surface area contributed by atoms with Crippen LogP contribution < -0.4 is 4.90 Å². The third-order valence-electron chi connectivity index (χ3n) is 4.78. The first kappa shape index (κ1) is 26.2. The molecule has 0 fully saturated rings. The van der Waals surface area contributed by atoms with E-state index in [-0.39, 0.29) is 5.78 Å². The van der Waals surface area contributed by atoms with Gasteiger partial charge in [-0.15, -0.1) is 0 Å². The molecule has 2 N–H and O–H groups in total. The number of carbonyl (C=O) groups is 3. The number of carboxylic acid groups (broad SMARTS) is 2. The van der Waals surface area contributed by atoms with E-state index in [1.165, 1.54) is 21.2 Å². The van der Waals surface area contributed by atoms with Gasteiger partial charge in [-0.2, -0.15) is 0 Å². The van der Waals surface area contributed by atoms with Gasteiger partial charge in [0.1, 0.15) is 0 Å². The van der Waals surface area contributed by atoms with Crippen molar-refractivity contribution in [2.45, 2.75) is 36.0 Å². The summed E-state index contributed by atoms with van der Waals surface area (Å²) >= 11 is 1.80. The normalized spacial score (nSPS) is 12.1. The Morgan fingerprint density at radius 2 is 1.61 bits per heavy atom. The molecule has 176 valence electrons. The smallest absolute Gasteiger partial charge is 0.328 e. The summed E-state index contributed by atoms with van der Waals surface area (Å²) in [7, 11) is 4.21. The lowest BCUT2D eigenvalue weighted by molar-refractivity contribution is -0.134. The Morgan fingerprint density at radius 1 is 0.970 bits per heavy atom. The number of anilines is 2. The number of ketones is 1. The zero-order valence-corrected chi connectivity index (χ0v) is 20.0. The van der Waals surface area contributed by atoms with Crippen molar-refractivity contribution in [2.75, 3.05) is 32.1 Å². The molecule has 0 aromatic heterocycles. The van der Waals surface area contributed by atoms with Gasteiger partial charge in [0.2, 0.25) is 0 Å². The Bertz CT molecular complexity index is 1000. The summed E-state index contributed by atoms with van der Waals surface area (Å²) in [6.45, 7) is 4.06. The van der Waals surface area contributed by atoms with Crippen LogP contribution in [0.3, 0.4) is 0 Å². The van der Waals surface area contributed by atoms with Gasteiger partial charge in [0.05, 0.1) is 11.4 Å². The molecule has 2 aromatic rings. The molecular formula is C25H30N2O5S. The van der Waals surface area contributed by atoms with Crippen molar-refractivity contribution in [2.24, 2.45) is 0 Å². The first-order chi connectivity index (χ1) is 15.7. The van der Waals surface area contributed by atoms with Gasteiger partial charge in [-0.1, -0.05) is 36.9 Å². The number of nitrogens with zero attached hydrogens (tertiary/aromatic N) is 2. The molecule has 1 aliphatic rings. The maximum Gasteiger partial charge on any atom is 0.328 e. The molecule has 8 heteroatoms. The number of fused-ring (bicyclic) bond motifs is 2. The molecule has 7 nitrogen and oxygen atoms in total. The number of benzene rings is 2. The van der Waals surface area contributed by atoms with Crippen LogP contribution in [0.4, 0.5) is 11.4 Å². The Labute approximate surface area is 198 Å². The highest BCUT2D eigenvalue weighted by Gasteiger charge is 2.24. The van der Waals surface area contributed by atoms with E-state index >= 15 is 0 Å². The van der Waals surface area contributed by atoms with Crippen LogP contribution in [0.25, 0.3) is 0 Å². The number of carboxylic acids is 2. The average molecular weight is 471 g/mol. The van der Waals surface area contributed by atoms with Gasteiger partial charge < -0.3 is 20.0 Å². The number of aliphatic carboxylic acids is 2. The van der Waals surface area contributed by atoms with Crippen LogP contribution in [0.5, 0.6) is 0 Å². The zero-order valence-electron chi connectivity index (χ0n) is 19.2. The molecule has 2 aromatic carbocycles. The molecule has 33 heavy (non-hydrogen) atoms. The fourth-order valence-electron chi connectivity index (χ4n) is 3.30. The Balaban J connectivity index is 0.000000414. The van der Waals surface area contributed by atoms with Crippen LogP contribution >= 0.6 is 11.8 Å². The first-order valence-electron chi connectivity index (χ1n) is 10.7. The second kappa shape index (κ2) is 12.8. The van der Waals surface area contributed by atoms with E-state index in [1.54, 1.807) is 11.8 Å². The predicted molar refractivity (Wildman–Crippen MR) is 131 cm³/mol. The van der Waals surface area contributed by atoms with Gasteiger partial charge in [-0.05, 0) is 57.7 Å². The minimum atomic E-state index is -1.26. The molecule has 0 radical (unpaired) electrons. The molecule has 0 saturated carbocycles. The fraction of sp³-hybridized carbons (Fsp3) is 0.320. The topological polar surface area (TPSA) is 98.2 Å². The lowest BCUT2D eigenvalue weighted by atomic mass is 10.1. The molecular weight excluding hydrogens is 440 g/mol. The Hall–Kier alpha value is -3.10. The number of Topliss-reactive ketones (excluding diaryl/α,β-unsaturated/α-hetero) is 1. The molecule has 0 bridgehead atoms. The third kappa shape index (κ3) is 8.07. The Morgan fingerprint density at radius 3 is 2.21 bits per heavy atom. The van der Waals surface area contributed by atoms with Crippen LogP contribution in [0.1, 0.15) is 36.5 Å². The van der Waals surface area contributed by atoms with Crippen molar-refractivity contribution in [1.29, 1.82) is 0 Å². The second-order valence-corrected chi connectivity index (χ2v) is 8.83. The molecule has 3 rings (SSSR count). The van der Waals surface area contributed by atoms with E-state index in [9.17, 15) is 14.4 Å². The van der Waals surface area contributed by atoms with Crippen molar-refractivity contribution in [3.63, 3.8) is 0 Å². The van der Waals surface area contributed by atoms with E-state index in [1.807, 2.05) is 6.07 Å². The molecule has 0 spiro atoms. The van der Waals surface area contributed by atoms with Crippen molar-refractivity contribution in [3.05, 3.63) is 60.2 Å². The standard InChI is InChI=1S/C21H26N2OS.C4H4O4/c1-4-8-19(24)16-11-12-21-18(15-16)23(14-7-13-22(2)3)17-9-5-6-10-20(17)25-21;5-3(6)1-2-4(7)8/h5-6,9-12,15H,4,7-8,13-14H2,1-3H3;1-2H,(H,5,6)(H,7,8)/b;2-1-. The number of hydrogen-bond donors (Lipinski definition) is 2. The van der Waals surface area contributed by atoms with E-state index in [4.69, 9.17) is 10.2 Å². The minimum Gasteiger partial charge on any atom is -0.478 e. The minimum absolute atomic E-state index is 0.238. The average Bonchev–Trinajstić information content (AvgIpc) is 2.77. The fourth-order valence-corrected chi connectivity index (χ4v) is 4.38. The Kier molecular flexibility index (Phi) is 10.2. The van der Waals surface area contributed by atoms with E-state index in [0.29, 0.717) is 18.6 Å². The van der Waals surface area contributed by atoms with Crippen LogP contribution in [0, 0.1) is 0 Å². The zero-order chi connectivity index (χ0) is 24.4. The maximum absolute atomic E-state index is 12.4. The first-order valence-corrected chi connectivity index (χ1v) is 11.5. The molecule has 0 aliphatic carbocycles. The van der Waals surface area contributed by atoms with Gasteiger partial charge in [-0.25, -0.2) is 9.59 Å². The highest BCUT2D eigenvalue weighted by Crippen LogP contribution is 2.48. The number of carbonyl (C=O) groups excluding carboxylic acids is 1. The molecule has 0 saturated heterocycles. The van der Waals surface area contributed by atoms with E-state index in [2.05, 4.69) is 67.2 Å². The van der Waals surface area contributed by atoms with Gasteiger partial charge in [-0.3, -0.25) is 4.79 Å². The van der Waals surface area contributed by atoms with Crippen molar-refractivity contribution in [1.82, 2.24) is 4.90 Å². The summed E-state index contributed by atoms with van der Waals surface area (Å²) in [5.74, 6) is -2.28. The molecule has 0 unspecified atom stereocenters. The third-order valence-corrected chi connectivity index (χ3v) is 5.91. The molecule has 1 aliphatic heterocycles. The predicted octanol–water partition coefficient (Wildman–Crippen LogP) is 4.94. The largest absolute Gasteiger partial charge is 0.478 e. The van der Waals surface area contributed by atoms with Crippen molar-refractivity contribution in [3.8, 4) is 0 Å². The molecule has 1 heterocycles. The maximum atomic E-state index is 12.4. The van der Waals surface area contributed by atoms with E-state index < -0.39 is 11.9 Å². The molecule has 0 atom stereocenters. The van der Waals surface area contributed by atoms with Crippen LogP contribution in [0.2, 0.25) is 0 Å². The summed E-state index contributed by atoms with van der Waals surface area (Å²) < 4.78 is 0. The number of rotatable bonds is 9. The SMILES string of the molecule is CCCC(=O)c1ccc2c(c1)N(CCCN(C)C)c1ccccc1S2.O=C(O)/C=C\C(=O)O. The lowest BCUT2D eigenvalue weighted by Gasteiger charge is -2.33. The van der Waals surface area contributed by atoms with Gasteiger partial charge >= 0.3 is 11.9 Å². The monoisotopic (exact) mass is 470 g/mol. The van der Waals surface area contributed by atoms with Gasteiger partial charge in [0.25, 0.3) is 0 Å². The summed E-state index contributed by atoms with van der Waals surface area (Å²) in [5.41, 5.74) is 3.25. The van der Waals surface area contributed by atoms with Crippen LogP contribution in [-0.2, 0) is 9.59 Å². The lowest BCUT2D eigenvalue weighted by Crippen LogP contribution is -2.25. The summed E-state index contributed by atoms with van der Waals surface area (Å²) in [5, 5.41) is 15.6. The summed E-state index contributed by atoms with van der Waals surface area (Å²) in [6.07, 6.45) is 3.70. The number of hydrogen-bond acceptors (Lipinski definition) is 6. The second-order valence-electron chi connectivity index (χ2n) is 7.74. The highest BCUT2D eigenvalue weighted by atomic mass is 32.2. The van der Waals surface area contributed by atoms with E-state index in [0.717, 1.165) is 31.5 Å². The van der Waals surface area contributed by atoms with Gasteiger partial charge in [0.15, 0.2) is 5.78 Å². The summed E-state index contributed by atoms with van der Waals surface area (Å²) in [4.78, 5) is 38.6. The van der Waals surface area contributed by atoms with Crippen molar-refractivity contribution < 1.29 is 24.6 Å². The number of para-hydroxylation sites is 1. The highest BCUT2D eigenvalue weighted by molar-refractivity contribution is 7.99. The molecule has 0 amide bonds. The van der Waals surface area contributed by atoms with Crippen LogP contribution in [0.15, 0.2) is 64.4 Å². The van der Waals surface area contributed by atoms with Crippen molar-refractivity contribution >= 4 is 40.9 Å². The summed E-state index contributed by atoms with van der Waals surface area (Å²) in [6, 6.07) is 14.7. The van der Waals surface area contributed by atoms with Crippen LogP contribution in [-0.4, -0.2) is 60.0 Å². The van der Waals surface area contributed by atoms with Gasteiger partial charge in [0, 0.05) is 40.5 Å². The quantitative estimate of drug-likeness (QED) is 0.393.